The highest BCUT2D eigenvalue weighted by Crippen LogP contribution is 2.30. The average molecular weight is 562 g/mol. The van der Waals surface area contributed by atoms with Crippen LogP contribution in [0.15, 0.2) is 47.6 Å². The Labute approximate surface area is 240 Å². The van der Waals surface area contributed by atoms with Crippen molar-refractivity contribution in [2.45, 2.75) is 58.8 Å². The molecule has 2 amide bonds. The number of fused-ring (bicyclic) bond motifs is 1. The summed E-state index contributed by atoms with van der Waals surface area (Å²) in [6, 6.07) is 5.96. The zero-order chi connectivity index (χ0) is 28.8. The summed E-state index contributed by atoms with van der Waals surface area (Å²) in [5.74, 6) is 1.90. The Kier molecular flexibility index (Phi) is 9.31. The van der Waals surface area contributed by atoms with Gasteiger partial charge in [0.15, 0.2) is 12.2 Å². The minimum absolute atomic E-state index is 0.131. The standard InChI is InChI=1S/C31H39N5O5/c1-21-29-7-8-35(17-25(29)3-4-30(21)40-19-28-16-33-20-41-28)18-27(38)15-34-31(39)26-12-24(13-32-14-26)11-23-5-9-36(10-6-23)22(2)37/h3-4,12-14,16,20,23,27,38H,5-11,15,17-19H2,1-2H3,(H,34,39)/t27-/m0/s1. The third kappa shape index (κ3) is 7.51. The zero-order valence-electron chi connectivity index (χ0n) is 23.8. The van der Waals surface area contributed by atoms with Crippen molar-refractivity contribution < 1.29 is 23.8 Å². The zero-order valence-corrected chi connectivity index (χ0v) is 23.8. The van der Waals surface area contributed by atoms with Gasteiger partial charge in [-0.1, -0.05) is 6.07 Å². The molecule has 10 heteroatoms. The number of hydrogen-bond acceptors (Lipinski definition) is 8. The number of rotatable bonds is 10. The SMILES string of the molecule is CC(=O)N1CCC(Cc2cncc(C(=O)NC[C@H](O)CN3CCc4c(ccc(OCc5cnco5)c4C)C3)c2)CC1. The van der Waals surface area contributed by atoms with Crippen molar-refractivity contribution >= 4 is 11.8 Å². The fourth-order valence-corrected chi connectivity index (χ4v) is 5.84. The van der Waals surface area contributed by atoms with E-state index in [9.17, 15) is 14.7 Å². The molecule has 4 heterocycles. The first-order valence-electron chi connectivity index (χ1n) is 14.3. The number of benzene rings is 1. The molecule has 1 saturated heterocycles. The van der Waals surface area contributed by atoms with Gasteiger partial charge in [0.1, 0.15) is 12.4 Å². The molecule has 0 saturated carbocycles. The molecule has 218 valence electrons. The molecular weight excluding hydrogens is 522 g/mol. The van der Waals surface area contributed by atoms with Crippen molar-refractivity contribution in [3.05, 3.63) is 76.8 Å². The number of likely N-dealkylation sites (tertiary alicyclic amines) is 1. The maximum Gasteiger partial charge on any atom is 0.252 e. The van der Waals surface area contributed by atoms with Gasteiger partial charge in [-0.15, -0.1) is 0 Å². The van der Waals surface area contributed by atoms with Crippen LogP contribution in [-0.4, -0.2) is 75.5 Å². The molecule has 0 unspecified atom stereocenters. The van der Waals surface area contributed by atoms with Gasteiger partial charge in [-0.2, -0.15) is 0 Å². The van der Waals surface area contributed by atoms with Crippen molar-refractivity contribution in [2.24, 2.45) is 5.92 Å². The molecule has 1 aromatic carbocycles. The Morgan fingerprint density at radius 1 is 1.17 bits per heavy atom. The normalized spacial score (nSPS) is 16.7. The molecule has 2 aromatic heterocycles. The predicted molar refractivity (Wildman–Crippen MR) is 152 cm³/mol. The van der Waals surface area contributed by atoms with E-state index in [0.29, 0.717) is 30.4 Å². The maximum atomic E-state index is 12.8. The Balaban J connectivity index is 1.07. The maximum absolute atomic E-state index is 12.8. The van der Waals surface area contributed by atoms with E-state index < -0.39 is 6.10 Å². The number of nitrogens with one attached hydrogen (secondary N) is 1. The summed E-state index contributed by atoms with van der Waals surface area (Å²) in [4.78, 5) is 36.7. The molecule has 2 N–H and O–H groups in total. The van der Waals surface area contributed by atoms with Crippen LogP contribution in [0.2, 0.25) is 0 Å². The molecule has 2 aliphatic heterocycles. The molecule has 1 atom stereocenters. The fourth-order valence-electron chi connectivity index (χ4n) is 5.84. The van der Waals surface area contributed by atoms with Crippen LogP contribution in [0.1, 0.15) is 58.1 Å². The summed E-state index contributed by atoms with van der Waals surface area (Å²) in [6.07, 6.45) is 9.36. The van der Waals surface area contributed by atoms with Gasteiger partial charge in [0.25, 0.3) is 5.91 Å². The lowest BCUT2D eigenvalue weighted by atomic mass is 9.90. The van der Waals surface area contributed by atoms with Gasteiger partial charge in [-0.25, -0.2) is 4.98 Å². The third-order valence-corrected chi connectivity index (χ3v) is 8.18. The molecule has 2 aliphatic rings. The van der Waals surface area contributed by atoms with Crippen LogP contribution in [-0.2, 0) is 30.8 Å². The predicted octanol–water partition coefficient (Wildman–Crippen LogP) is 2.91. The van der Waals surface area contributed by atoms with E-state index in [2.05, 4.69) is 33.2 Å². The van der Waals surface area contributed by atoms with Gasteiger partial charge >= 0.3 is 0 Å². The minimum atomic E-state index is -0.686. The summed E-state index contributed by atoms with van der Waals surface area (Å²) >= 11 is 0. The number of ether oxygens (including phenoxy) is 1. The number of amides is 2. The van der Waals surface area contributed by atoms with Crippen molar-refractivity contribution in [3.63, 3.8) is 0 Å². The van der Waals surface area contributed by atoms with Gasteiger partial charge in [0.05, 0.1) is 17.9 Å². The first-order chi connectivity index (χ1) is 19.9. The number of aromatic nitrogens is 2. The number of carbonyl (C=O) groups excluding carboxylic acids is 2. The van der Waals surface area contributed by atoms with E-state index in [-0.39, 0.29) is 18.4 Å². The lowest BCUT2D eigenvalue weighted by Crippen LogP contribution is -2.42. The molecule has 41 heavy (non-hydrogen) atoms. The smallest absolute Gasteiger partial charge is 0.252 e. The number of nitrogens with zero attached hydrogens (tertiary/aromatic N) is 4. The van der Waals surface area contributed by atoms with Crippen LogP contribution >= 0.6 is 0 Å². The lowest BCUT2D eigenvalue weighted by Gasteiger charge is -2.31. The van der Waals surface area contributed by atoms with Crippen molar-refractivity contribution in [1.29, 1.82) is 0 Å². The van der Waals surface area contributed by atoms with E-state index in [4.69, 9.17) is 9.15 Å². The van der Waals surface area contributed by atoms with E-state index in [1.165, 1.54) is 17.5 Å². The second-order valence-corrected chi connectivity index (χ2v) is 11.2. The van der Waals surface area contributed by atoms with Crippen LogP contribution in [0.25, 0.3) is 0 Å². The van der Waals surface area contributed by atoms with Crippen LogP contribution < -0.4 is 10.1 Å². The second-order valence-electron chi connectivity index (χ2n) is 11.2. The monoisotopic (exact) mass is 561 g/mol. The Hall–Kier alpha value is -3.76. The van der Waals surface area contributed by atoms with E-state index in [1.54, 1.807) is 19.3 Å². The molecule has 0 aliphatic carbocycles. The molecule has 3 aromatic rings. The van der Waals surface area contributed by atoms with E-state index in [1.807, 2.05) is 23.2 Å². The number of oxazole rings is 1. The van der Waals surface area contributed by atoms with E-state index in [0.717, 1.165) is 68.7 Å². The van der Waals surface area contributed by atoms with Gasteiger partial charge in [-0.05, 0) is 72.9 Å². The first kappa shape index (κ1) is 28.8. The summed E-state index contributed by atoms with van der Waals surface area (Å²) in [5.41, 5.74) is 5.17. The highest BCUT2D eigenvalue weighted by molar-refractivity contribution is 5.94. The van der Waals surface area contributed by atoms with Gasteiger partial charge in [-0.3, -0.25) is 19.5 Å². The summed E-state index contributed by atoms with van der Waals surface area (Å²) < 4.78 is 11.2. The van der Waals surface area contributed by atoms with Gasteiger partial charge in [0, 0.05) is 58.6 Å². The van der Waals surface area contributed by atoms with Gasteiger partial charge in [0.2, 0.25) is 5.91 Å². The van der Waals surface area contributed by atoms with Gasteiger partial charge < -0.3 is 24.5 Å². The van der Waals surface area contributed by atoms with Crippen molar-refractivity contribution in [2.75, 3.05) is 32.7 Å². The topological polar surface area (TPSA) is 121 Å². The Morgan fingerprint density at radius 2 is 2.00 bits per heavy atom. The lowest BCUT2D eigenvalue weighted by molar-refractivity contribution is -0.130. The number of piperidine rings is 1. The molecule has 0 spiro atoms. The minimum Gasteiger partial charge on any atom is -0.485 e. The van der Waals surface area contributed by atoms with E-state index >= 15 is 0 Å². The van der Waals surface area contributed by atoms with Crippen LogP contribution in [0.3, 0.4) is 0 Å². The summed E-state index contributed by atoms with van der Waals surface area (Å²) in [5, 5.41) is 13.6. The molecule has 1 fully saturated rings. The average Bonchev–Trinajstić information content (AvgIpc) is 3.50. The fraction of sp³-hybridized carbons (Fsp3) is 0.484. The van der Waals surface area contributed by atoms with Crippen LogP contribution in [0, 0.1) is 12.8 Å². The number of aliphatic hydroxyl groups excluding tert-OH is 1. The second kappa shape index (κ2) is 13.3. The Bertz CT molecular complexity index is 1340. The quantitative estimate of drug-likeness (QED) is 0.388. The summed E-state index contributed by atoms with van der Waals surface area (Å²) in [7, 11) is 0. The van der Waals surface area contributed by atoms with Crippen molar-refractivity contribution in [1.82, 2.24) is 25.1 Å². The first-order valence-corrected chi connectivity index (χ1v) is 14.3. The number of aliphatic hydroxyl groups is 1. The van der Waals surface area contributed by atoms with Crippen LogP contribution in [0.4, 0.5) is 0 Å². The highest BCUT2D eigenvalue weighted by Gasteiger charge is 2.23. The number of carbonyl (C=O) groups is 2. The highest BCUT2D eigenvalue weighted by atomic mass is 16.5. The largest absolute Gasteiger partial charge is 0.485 e. The molecule has 10 nitrogen and oxygen atoms in total. The molecule has 0 bridgehead atoms. The molecular formula is C31H39N5O5. The summed E-state index contributed by atoms with van der Waals surface area (Å²) in [6.45, 7) is 7.80. The molecule has 0 radical (unpaired) electrons. The Morgan fingerprint density at radius 3 is 2.76 bits per heavy atom. The van der Waals surface area contributed by atoms with Crippen LogP contribution in [0.5, 0.6) is 5.75 Å². The van der Waals surface area contributed by atoms with Crippen molar-refractivity contribution in [3.8, 4) is 5.75 Å². The third-order valence-electron chi connectivity index (χ3n) is 8.18. The molecule has 5 rings (SSSR count). The number of pyridine rings is 1. The number of β-amino-alcohol motifs (C(OH)–C–C–N with tert-alkyl or cyclic N) is 1. The number of hydrogen-bond donors (Lipinski definition) is 2.